The number of carbonyl (C=O) groups excluding carboxylic acids is 1. The molecule has 1 amide bonds. The molecule has 0 radical (unpaired) electrons. The molecule has 0 aliphatic carbocycles. The Kier molecular flexibility index (Phi) is 7.64. The molecule has 0 heterocycles. The highest BCUT2D eigenvalue weighted by molar-refractivity contribution is 5.95. The van der Waals surface area contributed by atoms with Crippen molar-refractivity contribution in [2.75, 3.05) is 0 Å². The number of halogens is 1. The molecule has 0 aromatic heterocycles. The number of hydrogen-bond acceptors (Lipinski definition) is 4. The van der Waals surface area contributed by atoms with Gasteiger partial charge in [0.25, 0.3) is 5.91 Å². The molecular formula is C28H23FN2O3. The molecule has 0 bridgehead atoms. The molecule has 0 atom stereocenters. The number of nitrogens with one attached hydrogen (secondary N) is 1. The van der Waals surface area contributed by atoms with Gasteiger partial charge in [-0.25, -0.2) is 9.82 Å². The maximum absolute atomic E-state index is 13.0. The lowest BCUT2D eigenvalue weighted by molar-refractivity contribution is 0.0955. The predicted octanol–water partition coefficient (Wildman–Crippen LogP) is 5.75. The van der Waals surface area contributed by atoms with Crippen LogP contribution in [0.4, 0.5) is 4.39 Å². The van der Waals surface area contributed by atoms with Gasteiger partial charge in [0.2, 0.25) is 0 Å². The molecule has 5 nitrogen and oxygen atoms in total. The fourth-order valence-corrected chi connectivity index (χ4v) is 3.11. The van der Waals surface area contributed by atoms with Gasteiger partial charge in [0.1, 0.15) is 30.5 Å². The van der Waals surface area contributed by atoms with Crippen LogP contribution in [0.25, 0.3) is 0 Å². The number of ether oxygens (including phenoxy) is 2. The first kappa shape index (κ1) is 22.7. The minimum Gasteiger partial charge on any atom is -0.489 e. The van der Waals surface area contributed by atoms with Crippen molar-refractivity contribution in [2.24, 2.45) is 5.10 Å². The second-order valence-electron chi connectivity index (χ2n) is 7.49. The first-order valence-corrected chi connectivity index (χ1v) is 10.7. The quantitative estimate of drug-likeness (QED) is 0.259. The standard InChI is InChI=1S/C28H23FN2O3/c29-25-13-9-22(10-14-25)20-34-27-8-4-7-23(17-27)18-30-31-28(32)24-11-15-26(16-12-24)33-19-21-5-2-1-3-6-21/h1-18H,19-20H2,(H,31,32)/b30-18-. The summed E-state index contributed by atoms with van der Waals surface area (Å²) in [5, 5.41) is 4.03. The predicted molar refractivity (Wildman–Crippen MR) is 129 cm³/mol. The van der Waals surface area contributed by atoms with Crippen LogP contribution in [0.15, 0.2) is 108 Å². The first-order chi connectivity index (χ1) is 16.7. The first-order valence-electron chi connectivity index (χ1n) is 10.7. The second-order valence-corrected chi connectivity index (χ2v) is 7.49. The van der Waals surface area contributed by atoms with Crippen molar-refractivity contribution in [1.82, 2.24) is 5.43 Å². The maximum atomic E-state index is 13.0. The van der Waals surface area contributed by atoms with E-state index in [0.717, 1.165) is 16.7 Å². The largest absolute Gasteiger partial charge is 0.489 e. The summed E-state index contributed by atoms with van der Waals surface area (Å²) < 4.78 is 24.5. The number of nitrogens with zero attached hydrogens (tertiary/aromatic N) is 1. The van der Waals surface area contributed by atoms with E-state index in [0.29, 0.717) is 30.3 Å². The smallest absolute Gasteiger partial charge is 0.271 e. The molecule has 4 aromatic carbocycles. The van der Waals surface area contributed by atoms with Gasteiger partial charge in [0.05, 0.1) is 6.21 Å². The lowest BCUT2D eigenvalue weighted by atomic mass is 10.2. The maximum Gasteiger partial charge on any atom is 0.271 e. The summed E-state index contributed by atoms with van der Waals surface area (Å²) in [6.45, 7) is 0.784. The molecule has 4 aromatic rings. The second kappa shape index (κ2) is 11.4. The van der Waals surface area contributed by atoms with E-state index >= 15 is 0 Å². The Balaban J connectivity index is 1.27. The summed E-state index contributed by atoms with van der Waals surface area (Å²) >= 11 is 0. The van der Waals surface area contributed by atoms with E-state index in [9.17, 15) is 9.18 Å². The van der Waals surface area contributed by atoms with Crippen LogP contribution in [0.2, 0.25) is 0 Å². The molecule has 0 aliphatic heterocycles. The molecule has 4 rings (SSSR count). The molecule has 34 heavy (non-hydrogen) atoms. The van der Waals surface area contributed by atoms with Gasteiger partial charge in [-0.1, -0.05) is 54.6 Å². The lowest BCUT2D eigenvalue weighted by Gasteiger charge is -2.07. The van der Waals surface area contributed by atoms with Crippen LogP contribution in [0.5, 0.6) is 11.5 Å². The van der Waals surface area contributed by atoms with E-state index < -0.39 is 0 Å². The van der Waals surface area contributed by atoms with Crippen molar-refractivity contribution in [3.8, 4) is 11.5 Å². The van der Waals surface area contributed by atoms with Gasteiger partial charge in [-0.2, -0.15) is 5.10 Å². The zero-order chi connectivity index (χ0) is 23.6. The zero-order valence-corrected chi connectivity index (χ0v) is 18.4. The van der Waals surface area contributed by atoms with Crippen LogP contribution in [0.1, 0.15) is 27.0 Å². The zero-order valence-electron chi connectivity index (χ0n) is 18.4. The molecular weight excluding hydrogens is 431 g/mol. The van der Waals surface area contributed by atoms with Crippen LogP contribution >= 0.6 is 0 Å². The summed E-state index contributed by atoms with van der Waals surface area (Å²) in [4.78, 5) is 12.4. The Bertz CT molecular complexity index is 1240. The minimum atomic E-state index is -0.324. The average Bonchev–Trinajstić information content (AvgIpc) is 2.88. The highest BCUT2D eigenvalue weighted by Gasteiger charge is 2.05. The van der Waals surface area contributed by atoms with Crippen molar-refractivity contribution in [3.05, 3.63) is 131 Å². The van der Waals surface area contributed by atoms with Gasteiger partial charge in [-0.05, 0) is 65.2 Å². The third-order valence-electron chi connectivity index (χ3n) is 4.92. The normalized spacial score (nSPS) is 10.7. The Morgan fingerprint density at radius 2 is 1.44 bits per heavy atom. The van der Waals surface area contributed by atoms with Crippen molar-refractivity contribution < 1.29 is 18.7 Å². The third kappa shape index (κ3) is 6.77. The van der Waals surface area contributed by atoms with Gasteiger partial charge in [-0.15, -0.1) is 0 Å². The SMILES string of the molecule is O=C(N/N=C\c1cccc(OCc2ccc(F)cc2)c1)c1ccc(OCc2ccccc2)cc1. The topological polar surface area (TPSA) is 59.9 Å². The number of benzene rings is 4. The van der Waals surface area contributed by atoms with E-state index in [1.165, 1.54) is 12.1 Å². The van der Waals surface area contributed by atoms with E-state index in [4.69, 9.17) is 9.47 Å². The number of carbonyl (C=O) groups is 1. The van der Waals surface area contributed by atoms with Crippen LogP contribution < -0.4 is 14.9 Å². The van der Waals surface area contributed by atoms with Crippen LogP contribution in [0.3, 0.4) is 0 Å². The molecule has 0 fully saturated rings. The van der Waals surface area contributed by atoms with Gasteiger partial charge in [0, 0.05) is 5.56 Å². The molecule has 0 spiro atoms. The summed E-state index contributed by atoms with van der Waals surface area (Å²) in [6.07, 6.45) is 1.54. The molecule has 0 aliphatic rings. The highest BCUT2D eigenvalue weighted by Crippen LogP contribution is 2.16. The minimum absolute atomic E-state index is 0.281. The molecule has 0 unspecified atom stereocenters. The fourth-order valence-electron chi connectivity index (χ4n) is 3.11. The molecule has 170 valence electrons. The molecule has 0 saturated heterocycles. The monoisotopic (exact) mass is 454 g/mol. The van der Waals surface area contributed by atoms with Gasteiger partial charge in [-0.3, -0.25) is 4.79 Å². The lowest BCUT2D eigenvalue weighted by Crippen LogP contribution is -2.17. The number of hydrogen-bond donors (Lipinski definition) is 1. The van der Waals surface area contributed by atoms with Crippen molar-refractivity contribution in [1.29, 1.82) is 0 Å². The summed E-state index contributed by atoms with van der Waals surface area (Å²) in [7, 11) is 0. The Morgan fingerprint density at radius 1 is 0.765 bits per heavy atom. The van der Waals surface area contributed by atoms with Crippen LogP contribution in [-0.2, 0) is 13.2 Å². The summed E-state index contributed by atoms with van der Waals surface area (Å²) in [5.41, 5.74) is 5.70. The number of hydrazone groups is 1. The van der Waals surface area contributed by atoms with Crippen molar-refractivity contribution >= 4 is 12.1 Å². The average molecular weight is 455 g/mol. The van der Waals surface area contributed by atoms with E-state index in [-0.39, 0.29) is 11.7 Å². The van der Waals surface area contributed by atoms with E-state index in [1.807, 2.05) is 48.5 Å². The number of rotatable bonds is 9. The Morgan fingerprint density at radius 3 is 2.18 bits per heavy atom. The van der Waals surface area contributed by atoms with E-state index in [2.05, 4.69) is 10.5 Å². The van der Waals surface area contributed by atoms with Gasteiger partial charge < -0.3 is 9.47 Å². The van der Waals surface area contributed by atoms with E-state index in [1.54, 1.807) is 48.7 Å². The van der Waals surface area contributed by atoms with Crippen molar-refractivity contribution in [3.63, 3.8) is 0 Å². The third-order valence-corrected chi connectivity index (χ3v) is 4.92. The van der Waals surface area contributed by atoms with Crippen molar-refractivity contribution in [2.45, 2.75) is 13.2 Å². The molecule has 6 heteroatoms. The van der Waals surface area contributed by atoms with Gasteiger partial charge in [0.15, 0.2) is 0 Å². The Hall–Kier alpha value is -4.45. The fraction of sp³-hybridized carbons (Fsp3) is 0.0714. The number of amides is 1. The Labute approximate surface area is 197 Å². The highest BCUT2D eigenvalue weighted by atomic mass is 19.1. The van der Waals surface area contributed by atoms with Crippen LogP contribution in [0, 0.1) is 5.82 Å². The summed E-state index contributed by atoms with van der Waals surface area (Å²) in [6, 6.07) is 30.2. The summed E-state index contributed by atoms with van der Waals surface area (Å²) in [5.74, 6) is 0.720. The molecule has 1 N–H and O–H groups in total. The molecule has 0 saturated carbocycles. The van der Waals surface area contributed by atoms with Gasteiger partial charge >= 0.3 is 0 Å². The van der Waals surface area contributed by atoms with Crippen LogP contribution in [-0.4, -0.2) is 12.1 Å².